The second kappa shape index (κ2) is 13.1. The Morgan fingerprint density at radius 3 is 1.20 bits per heavy atom. The molecule has 0 aliphatic heterocycles. The largest absolute Gasteiger partial charge is 0.208 e. The summed E-state index contributed by atoms with van der Waals surface area (Å²) in [7, 11) is 0. The van der Waals surface area contributed by atoms with E-state index in [-0.39, 0.29) is 0 Å². The van der Waals surface area contributed by atoms with E-state index in [1.807, 2.05) is 30.3 Å². The van der Waals surface area contributed by atoms with Crippen LogP contribution in [-0.2, 0) is 5.41 Å². The number of rotatable bonds is 6. The van der Waals surface area contributed by atoms with Crippen molar-refractivity contribution in [3.63, 3.8) is 0 Å². The lowest BCUT2D eigenvalue weighted by Crippen LogP contribution is -2.48. The number of nitrogens with zero attached hydrogens (tertiary/aromatic N) is 4. The highest BCUT2D eigenvalue weighted by Crippen LogP contribution is 2.60. The first-order valence-electron chi connectivity index (χ1n) is 20.1. The molecule has 0 N–H and O–H groups in total. The van der Waals surface area contributed by atoms with Gasteiger partial charge in [0, 0.05) is 16.7 Å². The summed E-state index contributed by atoms with van der Waals surface area (Å²) in [6.45, 7) is 0. The number of aromatic nitrogens is 3. The number of fused-ring (bicyclic) bond motifs is 2. The molecule has 4 saturated carbocycles. The molecular weight excluding hydrogens is 681 g/mol. The van der Waals surface area contributed by atoms with Crippen molar-refractivity contribution in [1.82, 2.24) is 15.0 Å². The normalized spacial score (nSPS) is 21.0. The van der Waals surface area contributed by atoms with Crippen LogP contribution in [0.3, 0.4) is 0 Å². The van der Waals surface area contributed by atoms with Gasteiger partial charge in [-0.15, -0.1) is 0 Å². The van der Waals surface area contributed by atoms with E-state index in [9.17, 15) is 5.26 Å². The van der Waals surface area contributed by atoms with Gasteiger partial charge >= 0.3 is 0 Å². The summed E-state index contributed by atoms with van der Waals surface area (Å²) in [6.07, 6.45) is 8.43. The van der Waals surface area contributed by atoms with Gasteiger partial charge in [-0.3, -0.25) is 0 Å². The van der Waals surface area contributed by atoms with Crippen molar-refractivity contribution in [3.05, 3.63) is 163 Å². The van der Waals surface area contributed by atoms with E-state index in [0.717, 1.165) is 45.6 Å². The first-order valence-corrected chi connectivity index (χ1v) is 20.1. The summed E-state index contributed by atoms with van der Waals surface area (Å²) in [5.41, 5.74) is 10.1. The minimum absolute atomic E-state index is 0.356. The van der Waals surface area contributed by atoms with Crippen molar-refractivity contribution in [1.29, 1.82) is 5.26 Å². The first kappa shape index (κ1) is 32.9. The predicted molar refractivity (Wildman–Crippen MR) is 227 cm³/mol. The van der Waals surface area contributed by atoms with Gasteiger partial charge in [-0.2, -0.15) is 5.26 Å². The molecule has 0 unspecified atom stereocenters. The van der Waals surface area contributed by atoms with Crippen LogP contribution in [0.1, 0.15) is 49.7 Å². The van der Waals surface area contributed by atoms with Gasteiger partial charge in [-0.05, 0) is 123 Å². The molecule has 4 bridgehead atoms. The summed E-state index contributed by atoms with van der Waals surface area (Å²) in [6, 6.07) is 55.7. The highest BCUT2D eigenvalue weighted by molar-refractivity contribution is 6.21. The zero-order valence-corrected chi connectivity index (χ0v) is 31.2. The molecule has 0 atom stereocenters. The molecular formula is C52H40N4. The number of benzene rings is 7. The molecule has 56 heavy (non-hydrogen) atoms. The quantitative estimate of drug-likeness (QED) is 0.160. The highest BCUT2D eigenvalue weighted by atomic mass is 15.0. The van der Waals surface area contributed by atoms with E-state index in [4.69, 9.17) is 15.0 Å². The van der Waals surface area contributed by atoms with Crippen LogP contribution >= 0.6 is 0 Å². The fourth-order valence-corrected chi connectivity index (χ4v) is 11.0. The fraction of sp³-hybridized carbons (Fsp3) is 0.192. The molecule has 4 aliphatic carbocycles. The Morgan fingerprint density at radius 2 is 0.768 bits per heavy atom. The lowest BCUT2D eigenvalue weighted by Gasteiger charge is -2.57. The Morgan fingerprint density at radius 1 is 0.411 bits per heavy atom. The second-order valence-corrected chi connectivity index (χ2v) is 16.6. The van der Waals surface area contributed by atoms with Crippen LogP contribution in [-0.4, -0.2) is 15.0 Å². The van der Waals surface area contributed by atoms with E-state index < -0.39 is 0 Å². The Balaban J connectivity index is 0.994. The standard InChI is InChI=1S/C52H40N4/c53-32-33-14-16-37(17-15-33)47-43-10-4-6-12-45(43)48(46-13-7-5-11-44(46)47)38-18-20-40(21-19-38)50-54-49(39-8-2-1-3-9-39)55-51(56-50)41-22-24-42(25-23-41)52-29-34-26-35(30-52)28-36(27-34)31-52/h1-25,34-36H,26-31H2. The van der Waals surface area contributed by atoms with Crippen LogP contribution in [0.5, 0.6) is 0 Å². The zero-order valence-electron chi connectivity index (χ0n) is 31.2. The van der Waals surface area contributed by atoms with E-state index in [1.54, 1.807) is 0 Å². The molecule has 8 aromatic rings. The van der Waals surface area contributed by atoms with Gasteiger partial charge in [0.25, 0.3) is 0 Å². The molecule has 1 heterocycles. The Kier molecular flexibility index (Phi) is 7.71. The van der Waals surface area contributed by atoms with Crippen LogP contribution in [0.4, 0.5) is 0 Å². The summed E-state index contributed by atoms with van der Waals surface area (Å²) in [5, 5.41) is 14.2. The maximum Gasteiger partial charge on any atom is 0.164 e. The molecule has 268 valence electrons. The van der Waals surface area contributed by atoms with E-state index in [2.05, 4.69) is 127 Å². The van der Waals surface area contributed by atoms with Gasteiger partial charge in [0.15, 0.2) is 17.5 Å². The Bertz CT molecular complexity index is 2720. The molecule has 4 aliphatic rings. The lowest BCUT2D eigenvalue weighted by atomic mass is 9.48. The van der Waals surface area contributed by atoms with Crippen molar-refractivity contribution in [2.24, 2.45) is 17.8 Å². The van der Waals surface area contributed by atoms with Gasteiger partial charge < -0.3 is 0 Å². The van der Waals surface area contributed by atoms with E-state index in [1.165, 1.54) is 76.8 Å². The topological polar surface area (TPSA) is 62.5 Å². The van der Waals surface area contributed by atoms with Gasteiger partial charge in [-0.25, -0.2) is 15.0 Å². The van der Waals surface area contributed by atoms with E-state index >= 15 is 0 Å². The van der Waals surface area contributed by atoms with Crippen LogP contribution in [0.15, 0.2) is 152 Å². The van der Waals surface area contributed by atoms with Gasteiger partial charge in [0.2, 0.25) is 0 Å². The summed E-state index contributed by atoms with van der Waals surface area (Å²) >= 11 is 0. The molecule has 4 nitrogen and oxygen atoms in total. The average molecular weight is 721 g/mol. The molecule has 4 fully saturated rings. The summed E-state index contributed by atoms with van der Waals surface area (Å²) in [4.78, 5) is 15.3. The highest BCUT2D eigenvalue weighted by Gasteiger charge is 2.51. The van der Waals surface area contributed by atoms with E-state index in [0.29, 0.717) is 28.5 Å². The second-order valence-electron chi connectivity index (χ2n) is 16.6. The van der Waals surface area contributed by atoms with Crippen LogP contribution in [0.2, 0.25) is 0 Å². The van der Waals surface area contributed by atoms with Crippen LogP contribution in [0.25, 0.3) is 78.0 Å². The third-order valence-electron chi connectivity index (χ3n) is 13.1. The maximum atomic E-state index is 9.45. The number of nitriles is 1. The lowest BCUT2D eigenvalue weighted by molar-refractivity contribution is -0.00518. The SMILES string of the molecule is N#Cc1ccc(-c2c3ccccc3c(-c3ccc(-c4nc(-c5ccccc5)nc(-c5ccc(C67CC8CC(CC(C8)C6)C7)cc5)n4)cc3)c3ccccc23)cc1. The van der Waals surface area contributed by atoms with Crippen LogP contribution in [0, 0.1) is 29.1 Å². The molecule has 0 spiro atoms. The molecule has 12 rings (SSSR count). The minimum Gasteiger partial charge on any atom is -0.208 e. The zero-order chi connectivity index (χ0) is 37.2. The number of hydrogen-bond donors (Lipinski definition) is 0. The third-order valence-corrected chi connectivity index (χ3v) is 13.1. The molecule has 0 amide bonds. The van der Waals surface area contributed by atoms with Crippen molar-refractivity contribution in [2.75, 3.05) is 0 Å². The Labute approximate surface area is 327 Å². The minimum atomic E-state index is 0.356. The Hall–Kier alpha value is -6.44. The molecule has 0 radical (unpaired) electrons. The molecule has 4 heteroatoms. The van der Waals surface area contributed by atoms with Gasteiger partial charge in [-0.1, -0.05) is 140 Å². The van der Waals surface area contributed by atoms with Gasteiger partial charge in [0.1, 0.15) is 0 Å². The van der Waals surface area contributed by atoms with Crippen molar-refractivity contribution in [2.45, 2.75) is 43.9 Å². The average Bonchev–Trinajstić information content (AvgIpc) is 3.25. The molecule has 0 saturated heterocycles. The van der Waals surface area contributed by atoms with Gasteiger partial charge in [0.05, 0.1) is 11.6 Å². The fourth-order valence-electron chi connectivity index (χ4n) is 11.0. The smallest absolute Gasteiger partial charge is 0.164 e. The van der Waals surface area contributed by atoms with Crippen LogP contribution < -0.4 is 0 Å². The first-order chi connectivity index (χ1) is 27.6. The summed E-state index contributed by atoms with van der Waals surface area (Å²) in [5.74, 6) is 4.78. The predicted octanol–water partition coefficient (Wildman–Crippen LogP) is 12.9. The molecule has 7 aromatic carbocycles. The third kappa shape index (κ3) is 5.53. The van der Waals surface area contributed by atoms with Crippen molar-refractivity contribution < 1.29 is 0 Å². The number of hydrogen-bond acceptors (Lipinski definition) is 4. The van der Waals surface area contributed by atoms with Crippen molar-refractivity contribution >= 4 is 21.5 Å². The monoisotopic (exact) mass is 720 g/mol. The summed E-state index contributed by atoms with van der Waals surface area (Å²) < 4.78 is 0. The molecule has 1 aromatic heterocycles. The van der Waals surface area contributed by atoms with Crippen molar-refractivity contribution in [3.8, 4) is 62.5 Å². The maximum absolute atomic E-state index is 9.45.